The first-order valence-electron chi connectivity index (χ1n) is 6.96. The highest BCUT2D eigenvalue weighted by atomic mass is 35.5. The topological polar surface area (TPSA) is 53.4 Å². The van der Waals surface area contributed by atoms with Crippen molar-refractivity contribution in [1.29, 1.82) is 0 Å². The number of hydrogen-bond acceptors (Lipinski definition) is 3. The van der Waals surface area contributed by atoms with Crippen LogP contribution in [-0.4, -0.2) is 16.1 Å². The van der Waals surface area contributed by atoms with Gasteiger partial charge in [0.2, 0.25) is 0 Å². The molecule has 0 atom stereocenters. The second-order valence-electron chi connectivity index (χ2n) is 4.86. The summed E-state index contributed by atoms with van der Waals surface area (Å²) in [6.07, 6.45) is 2.95. The molecule has 3 aromatic rings. The first-order valence-corrected chi connectivity index (χ1v) is 7.33. The van der Waals surface area contributed by atoms with Crippen LogP contribution in [0.25, 0.3) is 11.1 Å². The van der Waals surface area contributed by atoms with Gasteiger partial charge in [-0.3, -0.25) is 15.0 Å². The van der Waals surface area contributed by atoms with Gasteiger partial charge in [0.25, 0.3) is 5.91 Å². The molecule has 3 rings (SSSR count). The van der Waals surface area contributed by atoms with Crippen LogP contribution in [0.1, 0.15) is 10.4 Å². The van der Waals surface area contributed by atoms with E-state index in [1.165, 1.54) is 6.20 Å². The summed E-state index contributed by atoms with van der Waals surface area (Å²) >= 11 is 6.24. The van der Waals surface area contributed by atoms with Crippen molar-refractivity contribution in [2.24, 2.45) is 0 Å². The van der Waals surface area contributed by atoms with Gasteiger partial charge in [-0.15, -0.1) is 0 Å². The molecule has 2 aromatic carbocycles. The zero-order valence-electron chi connectivity index (χ0n) is 12.1. The van der Waals surface area contributed by atoms with E-state index < -0.39 is 5.91 Å². The van der Waals surface area contributed by atoms with Crippen molar-refractivity contribution in [2.45, 2.75) is 0 Å². The number of pyridine rings is 1. The molecule has 23 heavy (non-hydrogen) atoms. The first-order chi connectivity index (χ1) is 11.2. The van der Waals surface area contributed by atoms with E-state index in [0.717, 1.165) is 5.56 Å². The molecule has 5 heteroatoms. The molecule has 4 nitrogen and oxygen atoms in total. The highest BCUT2D eigenvalue weighted by Gasteiger charge is 2.22. The summed E-state index contributed by atoms with van der Waals surface area (Å²) in [6, 6.07) is 17.8. The summed E-state index contributed by atoms with van der Waals surface area (Å²) in [5.41, 5.74) is 2.03. The third kappa shape index (κ3) is 3.08. The first kappa shape index (κ1) is 15.2. The number of hydrogen-bond donors (Lipinski definition) is 1. The molecule has 0 saturated carbocycles. The molecule has 114 valence electrons. The van der Waals surface area contributed by atoms with Crippen LogP contribution in [0.5, 0.6) is 0 Å². The summed E-state index contributed by atoms with van der Waals surface area (Å²) in [5.74, 6) is -0.594. The Labute approximate surface area is 138 Å². The number of halogens is 1. The van der Waals surface area contributed by atoms with Crippen molar-refractivity contribution in [3.63, 3.8) is 0 Å². The van der Waals surface area contributed by atoms with Gasteiger partial charge in [0, 0.05) is 18.0 Å². The van der Waals surface area contributed by atoms with Gasteiger partial charge < -0.3 is 0 Å². The summed E-state index contributed by atoms with van der Waals surface area (Å²) < 4.78 is 0. The zero-order chi connectivity index (χ0) is 16.2. The molecule has 1 aromatic heterocycles. The molecule has 0 aliphatic rings. The lowest BCUT2D eigenvalue weighted by atomic mass is 10.0. The van der Waals surface area contributed by atoms with Gasteiger partial charge in [-0.25, -0.2) is 0 Å². The largest absolute Gasteiger partial charge is 0.283 e. The molecule has 0 aliphatic carbocycles. The number of amides is 1. The van der Waals surface area contributed by atoms with E-state index in [-0.39, 0.29) is 16.3 Å². The number of aromatic nitrogens is 1. The molecule has 0 saturated heterocycles. The van der Waals surface area contributed by atoms with Crippen LogP contribution >= 0.6 is 11.6 Å². The molecule has 1 N–H and O–H groups in total. The van der Waals surface area contributed by atoms with E-state index in [2.05, 4.69) is 4.98 Å². The number of benzene rings is 2. The van der Waals surface area contributed by atoms with E-state index in [9.17, 15) is 10.0 Å². The lowest BCUT2D eigenvalue weighted by Gasteiger charge is -2.20. The van der Waals surface area contributed by atoms with E-state index in [4.69, 9.17) is 11.6 Å². The quantitative estimate of drug-likeness (QED) is 0.572. The molecule has 0 unspecified atom stereocenters. The number of carbonyl (C=O) groups excluding carboxylic acids is 1. The summed E-state index contributed by atoms with van der Waals surface area (Å²) in [4.78, 5) is 16.4. The number of rotatable bonds is 3. The van der Waals surface area contributed by atoms with Crippen molar-refractivity contribution in [3.05, 3.63) is 83.6 Å². The van der Waals surface area contributed by atoms with Crippen molar-refractivity contribution in [1.82, 2.24) is 4.98 Å². The molecule has 0 fully saturated rings. The number of hydroxylamine groups is 1. The fourth-order valence-electron chi connectivity index (χ4n) is 2.29. The van der Waals surface area contributed by atoms with Crippen molar-refractivity contribution in [3.8, 4) is 11.1 Å². The molecular weight excluding hydrogens is 312 g/mol. The van der Waals surface area contributed by atoms with Crippen LogP contribution in [0, 0.1) is 0 Å². The number of carbonyl (C=O) groups is 1. The smallest absolute Gasteiger partial charge is 0.281 e. The number of anilines is 1. The molecule has 0 radical (unpaired) electrons. The Kier molecular flexibility index (Phi) is 4.37. The van der Waals surface area contributed by atoms with Gasteiger partial charge in [-0.1, -0.05) is 54.1 Å². The van der Waals surface area contributed by atoms with Gasteiger partial charge in [-0.2, -0.15) is 5.06 Å². The highest BCUT2D eigenvalue weighted by molar-refractivity contribution is 6.34. The Bertz CT molecular complexity index is 823. The maximum atomic E-state index is 12.5. The molecule has 0 aliphatic heterocycles. The van der Waals surface area contributed by atoms with Crippen LogP contribution in [0.3, 0.4) is 0 Å². The molecule has 0 spiro atoms. The van der Waals surface area contributed by atoms with E-state index in [0.29, 0.717) is 10.6 Å². The van der Waals surface area contributed by atoms with Gasteiger partial charge in [0.15, 0.2) is 0 Å². The Hall–Kier alpha value is -2.69. The van der Waals surface area contributed by atoms with Gasteiger partial charge in [-0.05, 0) is 23.8 Å². The van der Waals surface area contributed by atoms with Crippen LogP contribution in [0.15, 0.2) is 73.1 Å². The lowest BCUT2D eigenvalue weighted by Crippen LogP contribution is -2.28. The van der Waals surface area contributed by atoms with Crippen LogP contribution in [0.4, 0.5) is 5.69 Å². The average molecular weight is 325 g/mol. The van der Waals surface area contributed by atoms with E-state index in [1.807, 2.05) is 30.3 Å². The van der Waals surface area contributed by atoms with Gasteiger partial charge in [0.1, 0.15) is 0 Å². The SMILES string of the molecule is O=C(c1cccnc1)N(O)c1c(Cl)cccc1-c1ccccc1. The monoisotopic (exact) mass is 324 g/mol. The molecule has 1 amide bonds. The predicted molar refractivity (Wildman–Crippen MR) is 89.7 cm³/mol. The predicted octanol–water partition coefficient (Wildman–Crippen LogP) is 4.44. The maximum absolute atomic E-state index is 12.5. The second-order valence-corrected chi connectivity index (χ2v) is 5.27. The third-order valence-electron chi connectivity index (χ3n) is 3.38. The summed E-state index contributed by atoms with van der Waals surface area (Å²) in [7, 11) is 0. The third-order valence-corrected chi connectivity index (χ3v) is 3.69. The minimum Gasteiger partial charge on any atom is -0.281 e. The van der Waals surface area contributed by atoms with E-state index >= 15 is 0 Å². The Balaban J connectivity index is 2.07. The van der Waals surface area contributed by atoms with E-state index in [1.54, 1.807) is 36.5 Å². The highest BCUT2D eigenvalue weighted by Crippen LogP contribution is 2.36. The molecule has 1 heterocycles. The van der Waals surface area contributed by atoms with Gasteiger partial charge >= 0.3 is 0 Å². The Morgan fingerprint density at radius 2 is 1.78 bits per heavy atom. The second kappa shape index (κ2) is 6.60. The minimum absolute atomic E-state index is 0.245. The Morgan fingerprint density at radius 1 is 1.00 bits per heavy atom. The average Bonchev–Trinajstić information content (AvgIpc) is 2.62. The zero-order valence-corrected chi connectivity index (χ0v) is 12.8. The molecular formula is C18H13ClN2O2. The van der Waals surface area contributed by atoms with Crippen molar-refractivity contribution >= 4 is 23.2 Å². The Morgan fingerprint density at radius 3 is 2.48 bits per heavy atom. The van der Waals surface area contributed by atoms with Crippen molar-refractivity contribution in [2.75, 3.05) is 5.06 Å². The minimum atomic E-state index is -0.594. The number of para-hydroxylation sites is 1. The standard InChI is InChI=1S/C18H13ClN2O2/c19-16-10-4-9-15(13-6-2-1-3-7-13)17(16)21(23)18(22)14-8-5-11-20-12-14/h1-12,23H. The molecule has 0 bridgehead atoms. The van der Waals surface area contributed by atoms with Crippen LogP contribution in [0.2, 0.25) is 5.02 Å². The maximum Gasteiger partial charge on any atom is 0.283 e. The fraction of sp³-hybridized carbons (Fsp3) is 0. The summed E-state index contributed by atoms with van der Waals surface area (Å²) in [6.45, 7) is 0. The van der Waals surface area contributed by atoms with Crippen LogP contribution in [-0.2, 0) is 0 Å². The normalized spacial score (nSPS) is 10.3. The fourth-order valence-corrected chi connectivity index (χ4v) is 2.55. The van der Waals surface area contributed by atoms with Crippen LogP contribution < -0.4 is 5.06 Å². The van der Waals surface area contributed by atoms with Gasteiger partial charge in [0.05, 0.1) is 16.3 Å². The van der Waals surface area contributed by atoms with Crippen molar-refractivity contribution < 1.29 is 10.0 Å². The summed E-state index contributed by atoms with van der Waals surface area (Å²) in [5, 5.41) is 11.3. The number of nitrogens with zero attached hydrogens (tertiary/aromatic N) is 2. The lowest BCUT2D eigenvalue weighted by molar-refractivity contribution is 0.0854.